The SMILES string of the molecule is N#Cc1cc(N)ccc1Sc1ccc2c(c1)OCCO2. The average molecular weight is 284 g/mol. The summed E-state index contributed by atoms with van der Waals surface area (Å²) >= 11 is 1.51. The van der Waals surface area contributed by atoms with Crippen LogP contribution in [0.3, 0.4) is 0 Å². The van der Waals surface area contributed by atoms with Gasteiger partial charge in [0, 0.05) is 15.5 Å². The van der Waals surface area contributed by atoms with E-state index in [-0.39, 0.29) is 0 Å². The van der Waals surface area contributed by atoms with Crippen LogP contribution in [-0.4, -0.2) is 13.2 Å². The van der Waals surface area contributed by atoms with Gasteiger partial charge >= 0.3 is 0 Å². The van der Waals surface area contributed by atoms with Crippen LogP contribution in [-0.2, 0) is 0 Å². The van der Waals surface area contributed by atoms with Crippen LogP contribution in [0, 0.1) is 11.3 Å². The van der Waals surface area contributed by atoms with E-state index in [4.69, 9.17) is 20.5 Å². The predicted molar refractivity (Wildman–Crippen MR) is 77.1 cm³/mol. The molecule has 1 aliphatic heterocycles. The minimum Gasteiger partial charge on any atom is -0.486 e. The van der Waals surface area contributed by atoms with E-state index in [0.717, 1.165) is 21.3 Å². The number of fused-ring (bicyclic) bond motifs is 1. The first kappa shape index (κ1) is 12.7. The summed E-state index contributed by atoms with van der Waals surface area (Å²) in [5.74, 6) is 1.51. The van der Waals surface area contributed by atoms with Gasteiger partial charge in [-0.1, -0.05) is 11.8 Å². The van der Waals surface area contributed by atoms with Crippen LogP contribution in [0.5, 0.6) is 11.5 Å². The maximum atomic E-state index is 9.15. The summed E-state index contributed by atoms with van der Waals surface area (Å²) < 4.78 is 11.0. The molecule has 0 radical (unpaired) electrons. The van der Waals surface area contributed by atoms with Crippen molar-refractivity contribution in [2.24, 2.45) is 0 Å². The standard InChI is InChI=1S/C15H12N2O2S/c16-9-10-7-11(17)1-4-15(10)20-12-2-3-13-14(8-12)19-6-5-18-13/h1-4,7-8H,5-6,17H2. The summed E-state index contributed by atoms with van der Waals surface area (Å²) in [6.45, 7) is 1.14. The number of nitrogens with two attached hydrogens (primary N) is 1. The first-order valence-electron chi connectivity index (χ1n) is 6.13. The monoisotopic (exact) mass is 284 g/mol. The number of benzene rings is 2. The number of anilines is 1. The van der Waals surface area contributed by atoms with Crippen LogP contribution < -0.4 is 15.2 Å². The molecule has 0 amide bonds. The van der Waals surface area contributed by atoms with Crippen molar-refractivity contribution in [2.45, 2.75) is 9.79 Å². The molecule has 0 aromatic heterocycles. The van der Waals surface area contributed by atoms with Crippen molar-refractivity contribution in [1.29, 1.82) is 5.26 Å². The van der Waals surface area contributed by atoms with Crippen molar-refractivity contribution in [3.63, 3.8) is 0 Å². The topological polar surface area (TPSA) is 68.3 Å². The lowest BCUT2D eigenvalue weighted by molar-refractivity contribution is 0.171. The van der Waals surface area contributed by atoms with Gasteiger partial charge in [-0.2, -0.15) is 5.26 Å². The molecule has 0 atom stereocenters. The Bertz CT molecular complexity index is 695. The summed E-state index contributed by atoms with van der Waals surface area (Å²) in [7, 11) is 0. The van der Waals surface area contributed by atoms with Crippen molar-refractivity contribution < 1.29 is 9.47 Å². The fourth-order valence-electron chi connectivity index (χ4n) is 1.94. The highest BCUT2D eigenvalue weighted by molar-refractivity contribution is 7.99. The van der Waals surface area contributed by atoms with Gasteiger partial charge in [0.05, 0.1) is 5.56 Å². The van der Waals surface area contributed by atoms with E-state index in [1.807, 2.05) is 24.3 Å². The highest BCUT2D eigenvalue weighted by Crippen LogP contribution is 2.38. The van der Waals surface area contributed by atoms with E-state index in [1.54, 1.807) is 12.1 Å². The Morgan fingerprint density at radius 1 is 1.05 bits per heavy atom. The molecule has 0 unspecified atom stereocenters. The first-order valence-corrected chi connectivity index (χ1v) is 6.95. The minimum absolute atomic E-state index is 0.562. The predicted octanol–water partition coefficient (Wildman–Crippen LogP) is 3.06. The van der Waals surface area contributed by atoms with E-state index in [2.05, 4.69) is 6.07 Å². The Labute approximate surface area is 121 Å². The van der Waals surface area contributed by atoms with E-state index in [1.165, 1.54) is 11.8 Å². The molecule has 0 saturated heterocycles. The molecule has 0 spiro atoms. The molecule has 1 heterocycles. The molecule has 4 nitrogen and oxygen atoms in total. The summed E-state index contributed by atoms with van der Waals surface area (Å²) in [6, 6.07) is 13.3. The second-order valence-corrected chi connectivity index (χ2v) is 5.39. The van der Waals surface area contributed by atoms with E-state index in [0.29, 0.717) is 24.5 Å². The molecule has 5 heteroatoms. The van der Waals surface area contributed by atoms with E-state index >= 15 is 0 Å². The summed E-state index contributed by atoms with van der Waals surface area (Å²) in [4.78, 5) is 1.87. The lowest BCUT2D eigenvalue weighted by Crippen LogP contribution is -2.15. The fourth-order valence-corrected chi connectivity index (χ4v) is 2.84. The molecule has 0 fully saturated rings. The van der Waals surface area contributed by atoms with Crippen LogP contribution in [0.25, 0.3) is 0 Å². The molecule has 0 aliphatic carbocycles. The van der Waals surface area contributed by atoms with Gasteiger partial charge in [-0.3, -0.25) is 0 Å². The number of nitrogens with zero attached hydrogens (tertiary/aromatic N) is 1. The molecule has 0 saturated carbocycles. The van der Waals surface area contributed by atoms with Crippen molar-refractivity contribution in [3.8, 4) is 17.6 Å². The van der Waals surface area contributed by atoms with E-state index in [9.17, 15) is 0 Å². The van der Waals surface area contributed by atoms with Gasteiger partial charge < -0.3 is 15.2 Å². The second kappa shape index (κ2) is 5.35. The Morgan fingerprint density at radius 3 is 2.65 bits per heavy atom. The third kappa shape index (κ3) is 2.51. The third-order valence-electron chi connectivity index (χ3n) is 2.87. The minimum atomic E-state index is 0.562. The maximum Gasteiger partial charge on any atom is 0.162 e. The number of rotatable bonds is 2. The van der Waals surface area contributed by atoms with Crippen LogP contribution in [0.15, 0.2) is 46.2 Å². The van der Waals surface area contributed by atoms with Crippen LogP contribution in [0.4, 0.5) is 5.69 Å². The van der Waals surface area contributed by atoms with E-state index < -0.39 is 0 Å². The zero-order valence-corrected chi connectivity index (χ0v) is 11.4. The smallest absolute Gasteiger partial charge is 0.162 e. The number of hydrogen-bond acceptors (Lipinski definition) is 5. The lowest BCUT2D eigenvalue weighted by atomic mass is 10.2. The molecule has 1 aliphatic rings. The van der Waals surface area contributed by atoms with Gasteiger partial charge in [0.15, 0.2) is 11.5 Å². The van der Waals surface area contributed by atoms with Gasteiger partial charge in [-0.25, -0.2) is 0 Å². The molecule has 2 aromatic rings. The number of nitriles is 1. The highest BCUT2D eigenvalue weighted by Gasteiger charge is 2.13. The average Bonchev–Trinajstić information content (AvgIpc) is 2.49. The quantitative estimate of drug-likeness (QED) is 0.858. The zero-order chi connectivity index (χ0) is 13.9. The Kier molecular flexibility index (Phi) is 3.40. The van der Waals surface area contributed by atoms with Crippen LogP contribution in [0.2, 0.25) is 0 Å². The fraction of sp³-hybridized carbons (Fsp3) is 0.133. The number of nitrogen functional groups attached to an aromatic ring is 1. The molecule has 100 valence electrons. The van der Waals surface area contributed by atoms with Gasteiger partial charge in [-0.15, -0.1) is 0 Å². The summed E-state index contributed by atoms with van der Waals surface area (Å²) in [6.07, 6.45) is 0. The Morgan fingerprint density at radius 2 is 1.85 bits per heavy atom. The third-order valence-corrected chi connectivity index (χ3v) is 3.93. The lowest BCUT2D eigenvalue weighted by Gasteiger charge is -2.18. The summed E-state index contributed by atoms with van der Waals surface area (Å²) in [5.41, 5.74) is 6.86. The van der Waals surface area contributed by atoms with Crippen molar-refractivity contribution in [2.75, 3.05) is 18.9 Å². The highest BCUT2D eigenvalue weighted by atomic mass is 32.2. The Hall–Kier alpha value is -2.32. The second-order valence-electron chi connectivity index (χ2n) is 4.27. The molecular formula is C15H12N2O2S. The van der Waals surface area contributed by atoms with Crippen LogP contribution in [0.1, 0.15) is 5.56 Å². The molecular weight excluding hydrogens is 272 g/mol. The maximum absolute atomic E-state index is 9.15. The van der Waals surface area contributed by atoms with Gasteiger partial charge in [0.2, 0.25) is 0 Å². The molecule has 2 aromatic carbocycles. The largest absolute Gasteiger partial charge is 0.486 e. The molecule has 2 N–H and O–H groups in total. The zero-order valence-electron chi connectivity index (χ0n) is 10.6. The van der Waals surface area contributed by atoms with Crippen molar-refractivity contribution in [1.82, 2.24) is 0 Å². The number of hydrogen-bond donors (Lipinski definition) is 1. The summed E-state index contributed by atoms with van der Waals surface area (Å²) in [5, 5.41) is 9.15. The Balaban J connectivity index is 1.90. The van der Waals surface area contributed by atoms with Gasteiger partial charge in [-0.05, 0) is 36.4 Å². The molecule has 0 bridgehead atoms. The molecule has 3 rings (SSSR count). The molecule has 20 heavy (non-hydrogen) atoms. The van der Waals surface area contributed by atoms with Gasteiger partial charge in [0.25, 0.3) is 0 Å². The normalized spacial score (nSPS) is 12.8. The van der Waals surface area contributed by atoms with Crippen LogP contribution >= 0.6 is 11.8 Å². The number of ether oxygens (including phenoxy) is 2. The first-order chi connectivity index (χ1) is 9.76. The van der Waals surface area contributed by atoms with Crippen molar-refractivity contribution in [3.05, 3.63) is 42.0 Å². The van der Waals surface area contributed by atoms with Crippen molar-refractivity contribution >= 4 is 17.4 Å². The van der Waals surface area contributed by atoms with Gasteiger partial charge in [0.1, 0.15) is 19.3 Å².